The Morgan fingerprint density at radius 2 is 2.22 bits per heavy atom. The van der Waals surface area contributed by atoms with Crippen molar-refractivity contribution in [3.8, 4) is 0 Å². The molecule has 2 fully saturated rings. The topological polar surface area (TPSA) is 36.9 Å². The number of ether oxygens (including phenoxy) is 1. The van der Waals surface area contributed by atoms with Crippen molar-refractivity contribution < 1.29 is 4.74 Å². The van der Waals surface area contributed by atoms with Gasteiger partial charge in [-0.15, -0.1) is 11.8 Å². The molecule has 2 atom stereocenters. The number of hydrogen-bond donors (Lipinski definition) is 1. The number of thioether (sulfide) groups is 1. The van der Waals surface area contributed by atoms with Crippen LogP contribution in [0.25, 0.3) is 0 Å². The van der Waals surface area contributed by atoms with Crippen LogP contribution < -0.4 is 5.32 Å². The summed E-state index contributed by atoms with van der Waals surface area (Å²) in [5.41, 5.74) is 0.377. The number of rotatable bonds is 4. The predicted molar refractivity (Wildman–Crippen MR) is 97.2 cm³/mol. The summed E-state index contributed by atoms with van der Waals surface area (Å²) in [4.78, 5) is 8.20. The van der Waals surface area contributed by atoms with Crippen LogP contribution in [-0.4, -0.2) is 56.0 Å². The monoisotopic (exact) mass is 333 g/mol. The summed E-state index contributed by atoms with van der Waals surface area (Å²) in [6, 6.07) is 10.6. The van der Waals surface area contributed by atoms with Crippen molar-refractivity contribution >= 4 is 17.7 Å². The zero-order valence-corrected chi connectivity index (χ0v) is 14.9. The predicted octanol–water partition coefficient (Wildman–Crippen LogP) is 2.86. The molecule has 1 N–H and O–H groups in total. The smallest absolute Gasteiger partial charge is 0.193 e. The van der Waals surface area contributed by atoms with E-state index in [-0.39, 0.29) is 0 Å². The van der Waals surface area contributed by atoms with Crippen LogP contribution in [0, 0.1) is 5.41 Å². The highest BCUT2D eigenvalue weighted by Crippen LogP contribution is 2.38. The first-order valence-electron chi connectivity index (χ1n) is 8.46. The van der Waals surface area contributed by atoms with E-state index in [2.05, 4.69) is 52.5 Å². The Morgan fingerprint density at radius 3 is 2.91 bits per heavy atom. The molecule has 2 unspecified atom stereocenters. The second-order valence-electron chi connectivity index (χ2n) is 6.64. The van der Waals surface area contributed by atoms with Crippen molar-refractivity contribution in [1.29, 1.82) is 0 Å². The quantitative estimate of drug-likeness (QED) is 0.522. The second kappa shape index (κ2) is 7.58. The van der Waals surface area contributed by atoms with Gasteiger partial charge in [-0.2, -0.15) is 0 Å². The van der Waals surface area contributed by atoms with E-state index in [0.717, 1.165) is 38.8 Å². The van der Waals surface area contributed by atoms with Crippen LogP contribution in [0.2, 0.25) is 0 Å². The maximum atomic E-state index is 5.62. The van der Waals surface area contributed by atoms with Gasteiger partial charge in [-0.25, -0.2) is 0 Å². The van der Waals surface area contributed by atoms with Gasteiger partial charge in [0.15, 0.2) is 5.96 Å². The van der Waals surface area contributed by atoms with Gasteiger partial charge in [0, 0.05) is 48.8 Å². The average molecular weight is 334 g/mol. The lowest BCUT2D eigenvalue weighted by Crippen LogP contribution is -2.43. The minimum absolute atomic E-state index is 0.377. The van der Waals surface area contributed by atoms with Gasteiger partial charge in [0.1, 0.15) is 0 Å². The number of aliphatic imine (C=N–C) groups is 1. The van der Waals surface area contributed by atoms with E-state index in [9.17, 15) is 0 Å². The lowest BCUT2D eigenvalue weighted by Gasteiger charge is -2.25. The van der Waals surface area contributed by atoms with Crippen molar-refractivity contribution in [2.75, 3.05) is 39.9 Å². The van der Waals surface area contributed by atoms with E-state index in [4.69, 9.17) is 4.74 Å². The molecule has 0 amide bonds. The zero-order chi connectivity index (χ0) is 16.1. The van der Waals surface area contributed by atoms with Crippen molar-refractivity contribution in [3.05, 3.63) is 30.3 Å². The molecule has 0 bridgehead atoms. The summed E-state index contributed by atoms with van der Waals surface area (Å²) in [6.45, 7) is 7.18. The Labute approximate surface area is 143 Å². The maximum Gasteiger partial charge on any atom is 0.193 e. The normalized spacial score (nSPS) is 26.0. The summed E-state index contributed by atoms with van der Waals surface area (Å²) in [5, 5.41) is 4.05. The van der Waals surface area contributed by atoms with Crippen LogP contribution in [0.3, 0.4) is 0 Å². The van der Waals surface area contributed by atoms with Gasteiger partial charge in [0.25, 0.3) is 0 Å². The molecule has 0 aromatic heterocycles. The standard InChI is InChI=1S/C18H27N3OS/c1-15(23-16-6-4-3-5-7-16)12-20-17(19-2)21-10-8-18(13-21)9-11-22-14-18/h3-7,15H,8-14H2,1-2H3,(H,19,20). The summed E-state index contributed by atoms with van der Waals surface area (Å²) in [6.07, 6.45) is 2.42. The van der Waals surface area contributed by atoms with Crippen molar-refractivity contribution in [2.24, 2.45) is 10.4 Å². The summed E-state index contributed by atoms with van der Waals surface area (Å²) < 4.78 is 5.62. The molecule has 23 heavy (non-hydrogen) atoms. The number of nitrogens with one attached hydrogen (secondary N) is 1. The van der Waals surface area contributed by atoms with Gasteiger partial charge in [0.05, 0.1) is 6.61 Å². The fraction of sp³-hybridized carbons (Fsp3) is 0.611. The third-order valence-corrected chi connectivity index (χ3v) is 5.88. The van der Waals surface area contributed by atoms with E-state index in [1.54, 1.807) is 0 Å². The molecule has 0 radical (unpaired) electrons. The molecule has 2 aliphatic rings. The van der Waals surface area contributed by atoms with E-state index >= 15 is 0 Å². The van der Waals surface area contributed by atoms with Gasteiger partial charge in [-0.1, -0.05) is 25.1 Å². The number of hydrogen-bond acceptors (Lipinski definition) is 3. The Balaban J connectivity index is 1.48. The number of nitrogens with zero attached hydrogens (tertiary/aromatic N) is 2. The fourth-order valence-electron chi connectivity index (χ4n) is 3.43. The number of likely N-dealkylation sites (tertiary alicyclic amines) is 1. The molecule has 1 aromatic rings. The summed E-state index contributed by atoms with van der Waals surface area (Å²) in [7, 11) is 1.88. The van der Waals surface area contributed by atoms with E-state index in [0.29, 0.717) is 10.7 Å². The SMILES string of the molecule is CN=C(NCC(C)Sc1ccccc1)N1CCC2(CCOC2)C1. The van der Waals surface area contributed by atoms with Gasteiger partial charge < -0.3 is 15.0 Å². The Kier molecular flexibility index (Phi) is 5.49. The van der Waals surface area contributed by atoms with Gasteiger partial charge in [-0.3, -0.25) is 4.99 Å². The highest BCUT2D eigenvalue weighted by atomic mass is 32.2. The number of guanidine groups is 1. The third-order valence-electron chi connectivity index (χ3n) is 4.76. The van der Waals surface area contributed by atoms with E-state index in [1.165, 1.54) is 17.7 Å². The molecular formula is C18H27N3OS. The van der Waals surface area contributed by atoms with Gasteiger partial charge in [-0.05, 0) is 25.0 Å². The van der Waals surface area contributed by atoms with Crippen LogP contribution in [0.4, 0.5) is 0 Å². The molecule has 3 rings (SSSR count). The molecule has 126 valence electrons. The third kappa shape index (κ3) is 4.21. The van der Waals surface area contributed by atoms with E-state index in [1.807, 2.05) is 18.8 Å². The Bertz CT molecular complexity index is 528. The molecule has 2 saturated heterocycles. The lowest BCUT2D eigenvalue weighted by molar-refractivity contribution is 0.156. The summed E-state index contributed by atoms with van der Waals surface area (Å²) in [5.74, 6) is 1.04. The van der Waals surface area contributed by atoms with E-state index < -0.39 is 0 Å². The van der Waals surface area contributed by atoms with Gasteiger partial charge in [0.2, 0.25) is 0 Å². The first kappa shape index (κ1) is 16.7. The van der Waals surface area contributed by atoms with Crippen molar-refractivity contribution in [3.63, 3.8) is 0 Å². The van der Waals surface area contributed by atoms with Crippen LogP contribution in [0.1, 0.15) is 19.8 Å². The van der Waals surface area contributed by atoms with Crippen LogP contribution in [-0.2, 0) is 4.74 Å². The highest BCUT2D eigenvalue weighted by Gasteiger charge is 2.42. The van der Waals surface area contributed by atoms with Crippen molar-refractivity contribution in [2.45, 2.75) is 29.9 Å². The van der Waals surface area contributed by atoms with Crippen molar-refractivity contribution in [1.82, 2.24) is 10.2 Å². The minimum atomic E-state index is 0.377. The molecule has 4 nitrogen and oxygen atoms in total. The Morgan fingerprint density at radius 1 is 1.39 bits per heavy atom. The fourth-order valence-corrected chi connectivity index (χ4v) is 4.37. The van der Waals surface area contributed by atoms with Gasteiger partial charge >= 0.3 is 0 Å². The molecule has 0 saturated carbocycles. The zero-order valence-electron chi connectivity index (χ0n) is 14.1. The minimum Gasteiger partial charge on any atom is -0.381 e. The van der Waals surface area contributed by atoms with Crippen LogP contribution in [0.5, 0.6) is 0 Å². The van der Waals surface area contributed by atoms with Crippen LogP contribution in [0.15, 0.2) is 40.2 Å². The molecular weight excluding hydrogens is 306 g/mol. The largest absolute Gasteiger partial charge is 0.381 e. The first-order valence-corrected chi connectivity index (χ1v) is 9.34. The summed E-state index contributed by atoms with van der Waals surface area (Å²) >= 11 is 1.90. The molecule has 1 spiro atoms. The molecule has 2 heterocycles. The second-order valence-corrected chi connectivity index (χ2v) is 8.16. The number of benzene rings is 1. The first-order chi connectivity index (χ1) is 11.2. The maximum absolute atomic E-state index is 5.62. The Hall–Kier alpha value is -1.20. The molecule has 0 aliphatic carbocycles. The molecule has 5 heteroatoms. The average Bonchev–Trinajstić information content (AvgIpc) is 3.20. The molecule has 2 aliphatic heterocycles. The molecule has 1 aromatic carbocycles. The highest BCUT2D eigenvalue weighted by molar-refractivity contribution is 8.00. The van der Waals surface area contributed by atoms with Crippen LogP contribution >= 0.6 is 11.8 Å². The lowest BCUT2D eigenvalue weighted by atomic mass is 9.87.